The molecule has 1 aliphatic carbocycles. The highest BCUT2D eigenvalue weighted by Gasteiger charge is 2.64. The fourth-order valence-electron chi connectivity index (χ4n) is 2.61. The summed E-state index contributed by atoms with van der Waals surface area (Å²) < 4.78 is 0. The first kappa shape index (κ1) is 12.7. The number of rotatable bonds is 3. The van der Waals surface area contributed by atoms with Crippen LogP contribution in [0.5, 0.6) is 5.75 Å². The van der Waals surface area contributed by atoms with E-state index in [1.807, 2.05) is 6.07 Å². The molecule has 0 atom stereocenters. The summed E-state index contributed by atoms with van der Waals surface area (Å²) >= 11 is 5.92. The van der Waals surface area contributed by atoms with Crippen LogP contribution in [0.2, 0.25) is 5.02 Å². The van der Waals surface area contributed by atoms with Crippen molar-refractivity contribution in [2.45, 2.75) is 40.3 Å². The minimum atomic E-state index is 0.304. The molecule has 0 unspecified atom stereocenters. The quantitative estimate of drug-likeness (QED) is 0.863. The summed E-state index contributed by atoms with van der Waals surface area (Å²) in [4.78, 5) is 0. The first-order chi connectivity index (χ1) is 7.76. The van der Waals surface area contributed by atoms with E-state index < -0.39 is 0 Å². The maximum Gasteiger partial charge on any atom is 0.120 e. The van der Waals surface area contributed by atoms with Crippen LogP contribution in [0.4, 0.5) is 0 Å². The van der Waals surface area contributed by atoms with Crippen LogP contribution >= 0.6 is 11.6 Å². The van der Waals surface area contributed by atoms with Crippen molar-refractivity contribution in [3.05, 3.63) is 28.8 Å². The smallest absolute Gasteiger partial charge is 0.120 e. The zero-order valence-corrected chi connectivity index (χ0v) is 11.6. The molecule has 0 bridgehead atoms. The lowest BCUT2D eigenvalue weighted by Crippen LogP contribution is -2.21. The number of hydrogen-bond acceptors (Lipinski definition) is 2. The molecule has 0 spiro atoms. The molecule has 0 heterocycles. The molecule has 1 aliphatic rings. The highest BCUT2D eigenvalue weighted by molar-refractivity contribution is 6.30. The Balaban J connectivity index is 2.03. The SMILES string of the molecule is CC1(C)C(NCc2cc(Cl)ccc2O)C1(C)C. The van der Waals surface area contributed by atoms with Gasteiger partial charge in [-0.2, -0.15) is 0 Å². The molecular weight excluding hydrogens is 234 g/mol. The topological polar surface area (TPSA) is 32.3 Å². The third kappa shape index (κ3) is 2.04. The summed E-state index contributed by atoms with van der Waals surface area (Å²) in [6, 6.07) is 5.63. The van der Waals surface area contributed by atoms with Crippen LogP contribution in [-0.4, -0.2) is 11.1 Å². The Kier molecular flexibility index (Phi) is 2.91. The lowest BCUT2D eigenvalue weighted by atomic mass is 10.0. The second-order valence-corrected chi connectivity index (χ2v) is 6.47. The molecule has 1 aromatic rings. The maximum atomic E-state index is 9.73. The molecule has 0 aliphatic heterocycles. The third-order valence-electron chi connectivity index (χ3n) is 4.56. The average molecular weight is 254 g/mol. The molecule has 2 rings (SSSR count). The van der Waals surface area contributed by atoms with Gasteiger partial charge in [0.15, 0.2) is 0 Å². The standard InChI is InChI=1S/C14H20ClNO/c1-13(2)12(14(13,3)4)16-8-9-7-10(15)5-6-11(9)17/h5-7,12,16-17H,8H2,1-4H3. The Hall–Kier alpha value is -0.730. The molecule has 1 aromatic carbocycles. The van der Waals surface area contributed by atoms with E-state index in [4.69, 9.17) is 11.6 Å². The summed E-state index contributed by atoms with van der Waals surface area (Å²) in [5, 5.41) is 13.9. The molecule has 3 heteroatoms. The Morgan fingerprint density at radius 1 is 1.24 bits per heavy atom. The van der Waals surface area contributed by atoms with E-state index in [9.17, 15) is 5.11 Å². The van der Waals surface area contributed by atoms with Gasteiger partial charge in [0.2, 0.25) is 0 Å². The van der Waals surface area contributed by atoms with Crippen molar-refractivity contribution in [1.29, 1.82) is 0 Å². The van der Waals surface area contributed by atoms with Crippen LogP contribution in [0.1, 0.15) is 33.3 Å². The first-order valence-electron chi connectivity index (χ1n) is 5.97. The van der Waals surface area contributed by atoms with Crippen molar-refractivity contribution >= 4 is 11.6 Å². The minimum Gasteiger partial charge on any atom is -0.508 e. The third-order valence-corrected chi connectivity index (χ3v) is 4.79. The van der Waals surface area contributed by atoms with Gasteiger partial charge in [-0.3, -0.25) is 0 Å². The minimum absolute atomic E-state index is 0.304. The van der Waals surface area contributed by atoms with Crippen LogP contribution in [0.3, 0.4) is 0 Å². The predicted octanol–water partition coefficient (Wildman–Crippen LogP) is 3.57. The summed E-state index contributed by atoms with van der Waals surface area (Å²) in [7, 11) is 0. The van der Waals surface area contributed by atoms with Gasteiger partial charge in [0.05, 0.1) is 0 Å². The van der Waals surface area contributed by atoms with Crippen LogP contribution in [0.25, 0.3) is 0 Å². The van der Waals surface area contributed by atoms with Gasteiger partial charge in [-0.1, -0.05) is 39.3 Å². The van der Waals surface area contributed by atoms with Gasteiger partial charge >= 0.3 is 0 Å². The fourth-order valence-corrected chi connectivity index (χ4v) is 2.81. The predicted molar refractivity (Wildman–Crippen MR) is 71.3 cm³/mol. The van der Waals surface area contributed by atoms with Gasteiger partial charge in [0.25, 0.3) is 0 Å². The molecule has 0 radical (unpaired) electrons. The van der Waals surface area contributed by atoms with Crippen molar-refractivity contribution in [1.82, 2.24) is 5.32 Å². The molecule has 0 aromatic heterocycles. The van der Waals surface area contributed by atoms with Crippen LogP contribution < -0.4 is 5.32 Å². The fraction of sp³-hybridized carbons (Fsp3) is 0.571. The van der Waals surface area contributed by atoms with Crippen molar-refractivity contribution in [2.75, 3.05) is 0 Å². The molecule has 17 heavy (non-hydrogen) atoms. The van der Waals surface area contributed by atoms with Crippen molar-refractivity contribution < 1.29 is 5.11 Å². The maximum absolute atomic E-state index is 9.73. The van der Waals surface area contributed by atoms with E-state index in [0.717, 1.165) is 5.56 Å². The van der Waals surface area contributed by atoms with Gasteiger partial charge in [0, 0.05) is 23.2 Å². The van der Waals surface area contributed by atoms with Gasteiger partial charge in [0.1, 0.15) is 5.75 Å². The van der Waals surface area contributed by atoms with Gasteiger partial charge in [-0.15, -0.1) is 0 Å². The second-order valence-electron chi connectivity index (χ2n) is 6.03. The summed E-state index contributed by atoms with van der Waals surface area (Å²) in [6.07, 6.45) is 0. The number of hydrogen-bond donors (Lipinski definition) is 2. The van der Waals surface area contributed by atoms with Crippen LogP contribution in [-0.2, 0) is 6.54 Å². The molecule has 2 nitrogen and oxygen atoms in total. The van der Waals surface area contributed by atoms with Crippen LogP contribution in [0, 0.1) is 10.8 Å². The highest BCUT2D eigenvalue weighted by atomic mass is 35.5. The number of nitrogens with one attached hydrogen (secondary N) is 1. The first-order valence-corrected chi connectivity index (χ1v) is 6.35. The molecule has 1 fully saturated rings. The van der Waals surface area contributed by atoms with Gasteiger partial charge in [-0.25, -0.2) is 0 Å². The summed E-state index contributed by atoms with van der Waals surface area (Å²) in [6.45, 7) is 9.72. The molecule has 0 saturated heterocycles. The molecular formula is C14H20ClNO. The molecule has 0 amide bonds. The van der Waals surface area contributed by atoms with Crippen molar-refractivity contribution in [2.24, 2.45) is 10.8 Å². The van der Waals surface area contributed by atoms with E-state index in [1.54, 1.807) is 12.1 Å². The normalized spacial score (nSPS) is 21.5. The van der Waals surface area contributed by atoms with Crippen molar-refractivity contribution in [3.63, 3.8) is 0 Å². The number of benzene rings is 1. The second kappa shape index (κ2) is 3.89. The van der Waals surface area contributed by atoms with E-state index in [1.165, 1.54) is 0 Å². The number of phenols is 1. The van der Waals surface area contributed by atoms with E-state index in [2.05, 4.69) is 33.0 Å². The molecule has 94 valence electrons. The summed E-state index contributed by atoms with van der Waals surface area (Å²) in [5.74, 6) is 0.304. The lowest BCUT2D eigenvalue weighted by molar-refractivity contribution is 0.457. The van der Waals surface area contributed by atoms with E-state index >= 15 is 0 Å². The van der Waals surface area contributed by atoms with Crippen LogP contribution in [0.15, 0.2) is 18.2 Å². The molecule has 1 saturated carbocycles. The zero-order chi connectivity index (χ0) is 12.8. The lowest BCUT2D eigenvalue weighted by Gasteiger charge is -2.08. The summed E-state index contributed by atoms with van der Waals surface area (Å²) in [5.41, 5.74) is 1.47. The average Bonchev–Trinajstić information content (AvgIpc) is 2.60. The Morgan fingerprint density at radius 3 is 2.35 bits per heavy atom. The Labute approximate surface area is 108 Å². The van der Waals surface area contributed by atoms with Crippen molar-refractivity contribution in [3.8, 4) is 5.75 Å². The van der Waals surface area contributed by atoms with Gasteiger partial charge < -0.3 is 10.4 Å². The zero-order valence-electron chi connectivity index (χ0n) is 10.8. The highest BCUT2D eigenvalue weighted by Crippen LogP contribution is 2.62. The number of halogens is 1. The largest absolute Gasteiger partial charge is 0.508 e. The monoisotopic (exact) mass is 253 g/mol. The van der Waals surface area contributed by atoms with Gasteiger partial charge in [-0.05, 0) is 29.0 Å². The van der Waals surface area contributed by atoms with E-state index in [0.29, 0.717) is 34.2 Å². The Morgan fingerprint density at radius 2 is 1.82 bits per heavy atom. The number of phenolic OH excluding ortho intramolecular Hbond substituents is 1. The molecule has 2 N–H and O–H groups in total. The Bertz CT molecular complexity index is 426. The van der Waals surface area contributed by atoms with E-state index in [-0.39, 0.29) is 0 Å². The number of aromatic hydroxyl groups is 1.